The molecule has 3 aromatic rings. The number of hydrogen-bond acceptors (Lipinski definition) is 4. The number of carboxylic acid groups (broad SMARTS) is 1. The van der Waals surface area contributed by atoms with Gasteiger partial charge in [-0.2, -0.15) is 0 Å². The molecular formula is C21H19ClFNO4S2. The molecule has 2 heterocycles. The lowest BCUT2D eigenvalue weighted by molar-refractivity contribution is -0.137. The highest BCUT2D eigenvalue weighted by atomic mass is 35.5. The lowest BCUT2D eigenvalue weighted by atomic mass is 9.93. The van der Waals surface area contributed by atoms with Crippen LogP contribution < -0.4 is 0 Å². The van der Waals surface area contributed by atoms with Crippen molar-refractivity contribution in [2.45, 2.75) is 46.4 Å². The Balaban J connectivity index is 2.05. The summed E-state index contributed by atoms with van der Waals surface area (Å²) >= 11 is 7.34. The Kier molecular flexibility index (Phi) is 5.59. The fourth-order valence-corrected chi connectivity index (χ4v) is 6.40. The zero-order valence-electron chi connectivity index (χ0n) is 16.1. The maximum absolute atomic E-state index is 14.4. The minimum atomic E-state index is -3.72. The summed E-state index contributed by atoms with van der Waals surface area (Å²) in [6.45, 7) is 0.579. The molecule has 0 fully saturated rings. The Labute approximate surface area is 182 Å². The fourth-order valence-electron chi connectivity index (χ4n) is 4.09. The van der Waals surface area contributed by atoms with Gasteiger partial charge < -0.3 is 9.67 Å². The van der Waals surface area contributed by atoms with Crippen molar-refractivity contribution in [2.24, 2.45) is 0 Å². The van der Waals surface area contributed by atoms with E-state index in [2.05, 4.69) is 0 Å². The van der Waals surface area contributed by atoms with Crippen molar-refractivity contribution >= 4 is 50.1 Å². The number of aliphatic carboxylic acids is 1. The first-order chi connectivity index (χ1) is 14.1. The SMILES string of the molecule is CS(=O)(=O)c1cc(F)cc2c1c(Sc1ccc(Cl)cc1)c1n2CCCC1CC(=O)O. The summed E-state index contributed by atoms with van der Waals surface area (Å²) in [5, 5.41) is 10.4. The number of nitrogens with zero attached hydrogens (tertiary/aromatic N) is 1. The normalized spacial score (nSPS) is 16.6. The van der Waals surface area contributed by atoms with E-state index < -0.39 is 21.6 Å². The molecule has 1 aliphatic rings. The van der Waals surface area contributed by atoms with E-state index in [4.69, 9.17) is 11.6 Å². The van der Waals surface area contributed by atoms with Crippen molar-refractivity contribution in [2.75, 3.05) is 6.26 Å². The third-order valence-corrected chi connectivity index (χ3v) is 7.76. The Morgan fingerprint density at radius 3 is 2.63 bits per heavy atom. The van der Waals surface area contributed by atoms with Gasteiger partial charge in [-0.25, -0.2) is 12.8 Å². The molecule has 0 saturated heterocycles. The van der Waals surface area contributed by atoms with Crippen molar-refractivity contribution in [1.82, 2.24) is 4.57 Å². The maximum atomic E-state index is 14.4. The van der Waals surface area contributed by atoms with Gasteiger partial charge >= 0.3 is 5.97 Å². The molecule has 0 amide bonds. The van der Waals surface area contributed by atoms with Crippen LogP contribution in [0.5, 0.6) is 0 Å². The number of halogens is 2. The predicted octanol–water partition coefficient (Wildman–Crippen LogP) is 5.34. The van der Waals surface area contributed by atoms with E-state index >= 15 is 0 Å². The molecule has 1 N–H and O–H groups in total. The van der Waals surface area contributed by atoms with Gasteiger partial charge in [0.1, 0.15) is 5.82 Å². The Morgan fingerprint density at radius 1 is 1.30 bits per heavy atom. The smallest absolute Gasteiger partial charge is 0.304 e. The van der Waals surface area contributed by atoms with Crippen molar-refractivity contribution in [3.05, 3.63) is 52.9 Å². The summed E-state index contributed by atoms with van der Waals surface area (Å²) in [5.74, 6) is -1.84. The number of benzene rings is 2. The van der Waals surface area contributed by atoms with Gasteiger partial charge in [-0.1, -0.05) is 23.4 Å². The average Bonchev–Trinajstić information content (AvgIpc) is 2.96. The van der Waals surface area contributed by atoms with Crippen LogP contribution in [0.25, 0.3) is 10.9 Å². The molecule has 0 bridgehead atoms. The third kappa shape index (κ3) is 3.96. The van der Waals surface area contributed by atoms with Gasteiger partial charge in [0.15, 0.2) is 9.84 Å². The van der Waals surface area contributed by atoms with Crippen LogP contribution in [0.15, 0.2) is 51.1 Å². The summed E-state index contributed by atoms with van der Waals surface area (Å²) < 4.78 is 41.3. The molecule has 1 aliphatic heterocycles. The van der Waals surface area contributed by atoms with Crippen LogP contribution in [-0.2, 0) is 21.2 Å². The van der Waals surface area contributed by atoms with Gasteiger partial charge in [-0.3, -0.25) is 4.79 Å². The Hall–Kier alpha value is -2.03. The largest absolute Gasteiger partial charge is 0.481 e. The fraction of sp³-hybridized carbons (Fsp3) is 0.286. The standard InChI is InChI=1S/C21H19ClFNO4S2/c1-30(27,28)17-11-14(23)10-16-19(17)21(29-15-6-4-13(22)5-7-15)20-12(9-18(25)26)3-2-8-24(16)20/h4-7,10-12H,2-3,8-9H2,1H3,(H,25,26). The van der Waals surface area contributed by atoms with E-state index in [1.165, 1.54) is 17.8 Å². The number of carboxylic acids is 1. The first-order valence-electron chi connectivity index (χ1n) is 9.36. The minimum absolute atomic E-state index is 0.0683. The van der Waals surface area contributed by atoms with E-state index in [0.29, 0.717) is 33.8 Å². The summed E-state index contributed by atoms with van der Waals surface area (Å²) in [5.41, 5.74) is 1.24. The first kappa shape index (κ1) is 21.2. The number of carbonyl (C=O) groups is 1. The molecule has 0 saturated carbocycles. The summed E-state index contributed by atoms with van der Waals surface area (Å²) in [4.78, 5) is 12.9. The molecule has 0 aliphatic carbocycles. The first-order valence-corrected chi connectivity index (χ1v) is 12.4. The monoisotopic (exact) mass is 467 g/mol. The highest BCUT2D eigenvalue weighted by Crippen LogP contribution is 2.47. The second-order valence-corrected chi connectivity index (χ2v) is 10.9. The molecule has 4 rings (SSSR count). The van der Waals surface area contributed by atoms with Gasteiger partial charge in [-0.15, -0.1) is 0 Å². The second-order valence-electron chi connectivity index (χ2n) is 7.43. The van der Waals surface area contributed by atoms with Gasteiger partial charge in [0, 0.05) is 44.6 Å². The number of hydrogen-bond donors (Lipinski definition) is 1. The highest BCUT2D eigenvalue weighted by Gasteiger charge is 2.32. The minimum Gasteiger partial charge on any atom is -0.481 e. The maximum Gasteiger partial charge on any atom is 0.304 e. The Morgan fingerprint density at radius 2 is 2.00 bits per heavy atom. The van der Waals surface area contributed by atoms with Crippen LogP contribution in [0.2, 0.25) is 5.02 Å². The van der Waals surface area contributed by atoms with Crippen molar-refractivity contribution < 1.29 is 22.7 Å². The molecule has 0 radical (unpaired) electrons. The van der Waals surface area contributed by atoms with Gasteiger partial charge in [0.2, 0.25) is 0 Å². The van der Waals surface area contributed by atoms with Gasteiger partial charge in [-0.05, 0) is 49.2 Å². The molecule has 30 heavy (non-hydrogen) atoms. The van der Waals surface area contributed by atoms with E-state index in [1.807, 2.05) is 16.7 Å². The third-order valence-electron chi connectivity index (χ3n) is 5.26. The average molecular weight is 468 g/mol. The quantitative estimate of drug-likeness (QED) is 0.548. The molecule has 1 unspecified atom stereocenters. The summed E-state index contributed by atoms with van der Waals surface area (Å²) in [7, 11) is -3.72. The zero-order valence-corrected chi connectivity index (χ0v) is 18.5. The van der Waals surface area contributed by atoms with Gasteiger partial charge in [0.25, 0.3) is 0 Å². The van der Waals surface area contributed by atoms with E-state index in [-0.39, 0.29) is 17.2 Å². The van der Waals surface area contributed by atoms with Crippen molar-refractivity contribution in [3.8, 4) is 0 Å². The molecule has 5 nitrogen and oxygen atoms in total. The lowest BCUT2D eigenvalue weighted by Gasteiger charge is -2.25. The summed E-state index contributed by atoms with van der Waals surface area (Å²) in [6, 6.07) is 9.49. The van der Waals surface area contributed by atoms with Crippen LogP contribution in [-0.4, -0.2) is 30.3 Å². The van der Waals surface area contributed by atoms with Crippen LogP contribution in [0, 0.1) is 5.82 Å². The molecular weight excluding hydrogens is 449 g/mol. The molecule has 158 valence electrons. The topological polar surface area (TPSA) is 76.4 Å². The number of aryl methyl sites for hydroxylation is 1. The highest BCUT2D eigenvalue weighted by molar-refractivity contribution is 7.99. The lowest BCUT2D eigenvalue weighted by Crippen LogP contribution is -2.18. The van der Waals surface area contributed by atoms with Crippen LogP contribution >= 0.6 is 23.4 Å². The molecule has 1 atom stereocenters. The Bertz CT molecular complexity index is 1250. The van der Waals surface area contributed by atoms with E-state index in [1.54, 1.807) is 12.1 Å². The van der Waals surface area contributed by atoms with Crippen molar-refractivity contribution in [3.63, 3.8) is 0 Å². The number of sulfone groups is 1. The number of aromatic nitrogens is 1. The van der Waals surface area contributed by atoms with Crippen molar-refractivity contribution in [1.29, 1.82) is 0 Å². The number of fused-ring (bicyclic) bond motifs is 3. The predicted molar refractivity (Wildman–Crippen MR) is 115 cm³/mol. The van der Waals surface area contributed by atoms with E-state index in [9.17, 15) is 22.7 Å². The number of rotatable bonds is 5. The summed E-state index contributed by atoms with van der Waals surface area (Å²) in [6.07, 6.45) is 2.41. The van der Waals surface area contributed by atoms with Crippen LogP contribution in [0.3, 0.4) is 0 Å². The molecule has 1 aromatic heterocycles. The zero-order chi connectivity index (χ0) is 21.6. The second kappa shape index (κ2) is 7.90. The molecule has 2 aromatic carbocycles. The van der Waals surface area contributed by atoms with Gasteiger partial charge in [0.05, 0.1) is 16.8 Å². The van der Waals surface area contributed by atoms with Crippen LogP contribution in [0.1, 0.15) is 30.9 Å². The van der Waals surface area contributed by atoms with Crippen LogP contribution in [0.4, 0.5) is 4.39 Å². The molecule has 9 heteroatoms. The van der Waals surface area contributed by atoms with E-state index in [0.717, 1.165) is 29.3 Å². The molecule has 0 spiro atoms.